The van der Waals surface area contributed by atoms with E-state index in [1.165, 1.54) is 5.69 Å². The zero-order chi connectivity index (χ0) is 10.5. The fourth-order valence-electron chi connectivity index (χ4n) is 1.26. The Morgan fingerprint density at radius 2 is 2.33 bits per heavy atom. The van der Waals surface area contributed by atoms with Crippen molar-refractivity contribution < 1.29 is 0 Å². The molecule has 2 aromatic rings. The quantitative estimate of drug-likeness (QED) is 0.813. The lowest BCUT2D eigenvalue weighted by atomic mass is 10.3. The molecule has 0 aromatic carbocycles. The Hall–Kier alpha value is -0.780. The van der Waals surface area contributed by atoms with Gasteiger partial charge in [0.05, 0.1) is 11.2 Å². The van der Waals surface area contributed by atoms with Gasteiger partial charge in [-0.3, -0.25) is 0 Å². The van der Waals surface area contributed by atoms with E-state index in [0.717, 1.165) is 30.2 Å². The van der Waals surface area contributed by atoms with Crippen LogP contribution < -0.4 is 5.32 Å². The molecule has 0 aliphatic rings. The lowest BCUT2D eigenvalue weighted by Gasteiger charge is -1.99. The van der Waals surface area contributed by atoms with Gasteiger partial charge in [0.1, 0.15) is 5.01 Å². The molecule has 80 valence electrons. The third-order valence-corrected chi connectivity index (χ3v) is 3.59. The number of hydrogen-bond acceptors (Lipinski definition) is 5. The number of thiazole rings is 2. The average molecular weight is 239 g/mol. The van der Waals surface area contributed by atoms with Crippen molar-refractivity contribution in [2.24, 2.45) is 0 Å². The Morgan fingerprint density at radius 1 is 1.40 bits per heavy atom. The van der Waals surface area contributed by atoms with Crippen molar-refractivity contribution in [2.75, 3.05) is 6.54 Å². The zero-order valence-corrected chi connectivity index (χ0v) is 10.2. The van der Waals surface area contributed by atoms with Crippen LogP contribution in [0.3, 0.4) is 0 Å². The highest BCUT2D eigenvalue weighted by molar-refractivity contribution is 7.09. The summed E-state index contributed by atoms with van der Waals surface area (Å²) in [6.07, 6.45) is 0.994. The predicted octanol–water partition coefficient (Wildman–Crippen LogP) is 2.24. The van der Waals surface area contributed by atoms with Gasteiger partial charge in [-0.1, -0.05) is 0 Å². The Kier molecular flexibility index (Phi) is 3.82. The van der Waals surface area contributed by atoms with E-state index in [-0.39, 0.29) is 0 Å². The number of aromatic nitrogens is 2. The molecule has 0 aliphatic carbocycles. The summed E-state index contributed by atoms with van der Waals surface area (Å²) in [7, 11) is 0. The first kappa shape index (κ1) is 10.7. The molecule has 2 rings (SSSR count). The number of aryl methyl sites for hydroxylation is 1. The minimum absolute atomic E-state index is 0.864. The van der Waals surface area contributed by atoms with Crippen molar-refractivity contribution in [1.29, 1.82) is 0 Å². The first-order chi connectivity index (χ1) is 7.34. The summed E-state index contributed by atoms with van der Waals surface area (Å²) in [4.78, 5) is 8.62. The van der Waals surface area contributed by atoms with Crippen LogP contribution in [0.15, 0.2) is 16.3 Å². The molecular weight excluding hydrogens is 226 g/mol. The summed E-state index contributed by atoms with van der Waals surface area (Å²) in [6.45, 7) is 3.85. The minimum atomic E-state index is 0.864. The van der Waals surface area contributed by atoms with Crippen molar-refractivity contribution in [3.63, 3.8) is 0 Å². The molecule has 0 atom stereocenters. The fourth-order valence-corrected chi connectivity index (χ4v) is 2.59. The number of rotatable bonds is 5. The van der Waals surface area contributed by atoms with E-state index >= 15 is 0 Å². The standard InChI is InChI=1S/C10H13N3S2/c1-8-5-15-10(13-8)4-11-3-2-9-6-14-7-12-9/h5-7,11H,2-4H2,1H3. The van der Waals surface area contributed by atoms with Crippen LogP contribution in [-0.4, -0.2) is 16.5 Å². The molecule has 0 aliphatic heterocycles. The van der Waals surface area contributed by atoms with E-state index < -0.39 is 0 Å². The summed E-state index contributed by atoms with van der Waals surface area (Å²) in [5.74, 6) is 0. The van der Waals surface area contributed by atoms with Crippen LogP contribution in [0.25, 0.3) is 0 Å². The molecule has 0 fully saturated rings. The Bertz CT molecular complexity index is 394. The average Bonchev–Trinajstić information content (AvgIpc) is 2.84. The largest absolute Gasteiger partial charge is 0.310 e. The Labute approximate surface area is 97.2 Å². The Balaban J connectivity index is 1.67. The molecule has 5 heteroatoms. The van der Waals surface area contributed by atoms with Gasteiger partial charge in [0.2, 0.25) is 0 Å². The first-order valence-electron chi connectivity index (χ1n) is 4.83. The third kappa shape index (κ3) is 3.37. The number of nitrogens with zero attached hydrogens (tertiary/aromatic N) is 2. The van der Waals surface area contributed by atoms with E-state index in [2.05, 4.69) is 26.0 Å². The van der Waals surface area contributed by atoms with E-state index in [9.17, 15) is 0 Å². The van der Waals surface area contributed by atoms with Crippen LogP contribution in [0.5, 0.6) is 0 Å². The number of hydrogen-bond donors (Lipinski definition) is 1. The van der Waals surface area contributed by atoms with Gasteiger partial charge < -0.3 is 5.32 Å². The zero-order valence-electron chi connectivity index (χ0n) is 8.56. The van der Waals surface area contributed by atoms with E-state index in [0.29, 0.717) is 0 Å². The summed E-state index contributed by atoms with van der Waals surface area (Å²) >= 11 is 3.36. The normalized spacial score (nSPS) is 10.7. The van der Waals surface area contributed by atoms with E-state index in [1.807, 2.05) is 12.4 Å². The predicted molar refractivity (Wildman–Crippen MR) is 64.4 cm³/mol. The maximum Gasteiger partial charge on any atom is 0.107 e. The van der Waals surface area contributed by atoms with Gasteiger partial charge in [0, 0.05) is 36.0 Å². The Morgan fingerprint density at radius 3 is 3.00 bits per heavy atom. The summed E-state index contributed by atoms with van der Waals surface area (Å²) in [6, 6.07) is 0. The van der Waals surface area contributed by atoms with Crippen molar-refractivity contribution in [2.45, 2.75) is 19.9 Å². The highest BCUT2D eigenvalue weighted by atomic mass is 32.1. The maximum atomic E-state index is 4.39. The van der Waals surface area contributed by atoms with Gasteiger partial charge in [0.25, 0.3) is 0 Å². The van der Waals surface area contributed by atoms with Crippen LogP contribution in [0.4, 0.5) is 0 Å². The lowest BCUT2D eigenvalue weighted by molar-refractivity contribution is 0.678. The molecule has 0 radical (unpaired) electrons. The summed E-state index contributed by atoms with van der Waals surface area (Å²) < 4.78 is 0. The smallest absolute Gasteiger partial charge is 0.107 e. The van der Waals surface area contributed by atoms with E-state index in [1.54, 1.807) is 22.7 Å². The molecule has 0 amide bonds. The molecule has 0 bridgehead atoms. The molecule has 2 heterocycles. The number of nitrogens with one attached hydrogen (secondary N) is 1. The van der Waals surface area contributed by atoms with Crippen LogP contribution in [-0.2, 0) is 13.0 Å². The van der Waals surface area contributed by atoms with Crippen molar-refractivity contribution in [3.8, 4) is 0 Å². The molecule has 2 aromatic heterocycles. The van der Waals surface area contributed by atoms with Crippen molar-refractivity contribution in [3.05, 3.63) is 32.7 Å². The second-order valence-electron chi connectivity index (χ2n) is 3.29. The van der Waals surface area contributed by atoms with Crippen LogP contribution in [0.1, 0.15) is 16.4 Å². The SMILES string of the molecule is Cc1csc(CNCCc2cscn2)n1. The minimum Gasteiger partial charge on any atom is -0.310 e. The molecule has 1 N–H and O–H groups in total. The molecule has 15 heavy (non-hydrogen) atoms. The van der Waals surface area contributed by atoms with Gasteiger partial charge >= 0.3 is 0 Å². The van der Waals surface area contributed by atoms with Crippen molar-refractivity contribution >= 4 is 22.7 Å². The highest BCUT2D eigenvalue weighted by Gasteiger charge is 1.98. The molecule has 3 nitrogen and oxygen atoms in total. The monoisotopic (exact) mass is 239 g/mol. The second kappa shape index (κ2) is 5.34. The first-order valence-corrected chi connectivity index (χ1v) is 6.65. The van der Waals surface area contributed by atoms with Crippen molar-refractivity contribution in [1.82, 2.24) is 15.3 Å². The third-order valence-electron chi connectivity index (χ3n) is 1.98. The van der Waals surface area contributed by atoms with Crippen LogP contribution in [0, 0.1) is 6.92 Å². The van der Waals surface area contributed by atoms with Gasteiger partial charge in [-0.15, -0.1) is 22.7 Å². The van der Waals surface area contributed by atoms with Crippen LogP contribution >= 0.6 is 22.7 Å². The molecular formula is C10H13N3S2. The highest BCUT2D eigenvalue weighted by Crippen LogP contribution is 2.07. The topological polar surface area (TPSA) is 37.8 Å². The maximum absolute atomic E-state index is 4.39. The van der Waals surface area contributed by atoms with E-state index in [4.69, 9.17) is 0 Å². The van der Waals surface area contributed by atoms with Gasteiger partial charge in [-0.2, -0.15) is 0 Å². The molecule has 0 spiro atoms. The van der Waals surface area contributed by atoms with Gasteiger partial charge in [0.15, 0.2) is 0 Å². The summed E-state index contributed by atoms with van der Waals surface area (Å²) in [5.41, 5.74) is 4.15. The molecule has 0 unspecified atom stereocenters. The summed E-state index contributed by atoms with van der Waals surface area (Å²) in [5, 5.41) is 8.70. The van der Waals surface area contributed by atoms with Crippen LogP contribution in [0.2, 0.25) is 0 Å². The van der Waals surface area contributed by atoms with Gasteiger partial charge in [-0.25, -0.2) is 9.97 Å². The molecule has 0 saturated carbocycles. The fraction of sp³-hybridized carbons (Fsp3) is 0.400. The lowest BCUT2D eigenvalue weighted by Crippen LogP contribution is -2.16. The van der Waals surface area contributed by atoms with Gasteiger partial charge in [-0.05, 0) is 6.92 Å². The second-order valence-corrected chi connectivity index (χ2v) is 4.95. The molecule has 0 saturated heterocycles.